The van der Waals surface area contributed by atoms with E-state index in [1.807, 2.05) is 30.0 Å². The second-order valence-electron chi connectivity index (χ2n) is 5.14. The lowest BCUT2D eigenvalue weighted by Crippen LogP contribution is -2.37. The van der Waals surface area contributed by atoms with E-state index in [0.29, 0.717) is 6.04 Å². The molecule has 2 nitrogen and oxygen atoms in total. The Morgan fingerprint density at radius 2 is 1.85 bits per heavy atom. The van der Waals surface area contributed by atoms with Crippen molar-refractivity contribution in [2.45, 2.75) is 23.4 Å². The van der Waals surface area contributed by atoms with Gasteiger partial charge >= 0.3 is 0 Å². The fraction of sp³-hybridized carbons (Fsp3) is 0.294. The third-order valence-electron chi connectivity index (χ3n) is 3.68. The zero-order valence-electron chi connectivity index (χ0n) is 11.3. The van der Waals surface area contributed by atoms with E-state index >= 15 is 0 Å². The highest BCUT2D eigenvalue weighted by Crippen LogP contribution is 2.37. The van der Waals surface area contributed by atoms with Crippen LogP contribution in [0.3, 0.4) is 0 Å². The molecule has 0 saturated heterocycles. The molecule has 2 aromatic carbocycles. The molecule has 1 heterocycles. The summed E-state index contributed by atoms with van der Waals surface area (Å²) in [6.45, 7) is 0.165. The summed E-state index contributed by atoms with van der Waals surface area (Å²) >= 11 is 1.89. The van der Waals surface area contributed by atoms with Crippen LogP contribution in [0.15, 0.2) is 59.5 Å². The Hall–Kier alpha value is -1.29. The van der Waals surface area contributed by atoms with Gasteiger partial charge < -0.3 is 10.4 Å². The summed E-state index contributed by atoms with van der Waals surface area (Å²) in [6, 6.07) is 19.3. The van der Waals surface area contributed by atoms with Gasteiger partial charge in [-0.2, -0.15) is 0 Å². The lowest BCUT2D eigenvalue weighted by molar-refractivity contribution is 0.233. The molecule has 0 aliphatic carbocycles. The number of hydrogen-bond donors (Lipinski definition) is 2. The third kappa shape index (κ3) is 3.06. The molecular formula is C17H19NOS. The van der Waals surface area contributed by atoms with Crippen LogP contribution >= 0.6 is 11.8 Å². The van der Waals surface area contributed by atoms with Crippen LogP contribution in [0.25, 0.3) is 0 Å². The average molecular weight is 285 g/mol. The standard InChI is InChI=1S/C17H19NOS/c19-11-14(10-13-6-2-1-3-7-13)18-16-12-20-17-9-5-4-8-15(16)17/h1-9,14,16,18-19H,10-12H2/t14-,16?/m1/s1. The van der Waals surface area contributed by atoms with Crippen LogP contribution in [-0.4, -0.2) is 23.5 Å². The highest BCUT2D eigenvalue weighted by atomic mass is 32.2. The smallest absolute Gasteiger partial charge is 0.0588 e. The minimum Gasteiger partial charge on any atom is -0.395 e. The van der Waals surface area contributed by atoms with Crippen molar-refractivity contribution in [3.05, 3.63) is 65.7 Å². The number of nitrogens with one attached hydrogen (secondary N) is 1. The predicted molar refractivity (Wildman–Crippen MR) is 84.1 cm³/mol. The third-order valence-corrected chi connectivity index (χ3v) is 4.86. The first-order valence-corrected chi connectivity index (χ1v) is 7.98. The van der Waals surface area contributed by atoms with E-state index in [1.165, 1.54) is 16.0 Å². The van der Waals surface area contributed by atoms with Gasteiger partial charge in [0, 0.05) is 22.7 Å². The lowest BCUT2D eigenvalue weighted by atomic mass is 10.0. The van der Waals surface area contributed by atoms with Crippen LogP contribution in [0, 0.1) is 0 Å². The first-order valence-electron chi connectivity index (χ1n) is 6.99. The molecule has 0 radical (unpaired) electrons. The van der Waals surface area contributed by atoms with E-state index in [1.54, 1.807) is 0 Å². The van der Waals surface area contributed by atoms with E-state index in [9.17, 15) is 5.11 Å². The summed E-state index contributed by atoms with van der Waals surface area (Å²) in [5.74, 6) is 1.05. The molecule has 0 amide bonds. The van der Waals surface area contributed by atoms with Crippen molar-refractivity contribution in [1.82, 2.24) is 5.32 Å². The summed E-state index contributed by atoms with van der Waals surface area (Å²) in [5, 5.41) is 13.2. The van der Waals surface area contributed by atoms with Gasteiger partial charge in [-0.3, -0.25) is 0 Å². The van der Waals surface area contributed by atoms with Crippen molar-refractivity contribution in [3.8, 4) is 0 Å². The zero-order chi connectivity index (χ0) is 13.8. The topological polar surface area (TPSA) is 32.3 Å². The predicted octanol–water partition coefficient (Wildman–Crippen LogP) is 3.03. The molecule has 3 heteroatoms. The molecule has 20 heavy (non-hydrogen) atoms. The lowest BCUT2D eigenvalue weighted by Gasteiger charge is -2.21. The summed E-state index contributed by atoms with van der Waals surface area (Å²) in [7, 11) is 0. The maximum Gasteiger partial charge on any atom is 0.0588 e. The zero-order valence-corrected chi connectivity index (χ0v) is 12.1. The first-order chi connectivity index (χ1) is 9.86. The highest BCUT2D eigenvalue weighted by Gasteiger charge is 2.24. The molecular weight excluding hydrogens is 266 g/mol. The van der Waals surface area contributed by atoms with Gasteiger partial charge in [0.2, 0.25) is 0 Å². The van der Waals surface area contributed by atoms with Gasteiger partial charge in [0.1, 0.15) is 0 Å². The van der Waals surface area contributed by atoms with E-state index in [4.69, 9.17) is 0 Å². The number of rotatable bonds is 5. The molecule has 1 unspecified atom stereocenters. The minimum atomic E-state index is 0.106. The Kier molecular flexibility index (Phi) is 4.41. The number of hydrogen-bond acceptors (Lipinski definition) is 3. The van der Waals surface area contributed by atoms with Crippen molar-refractivity contribution >= 4 is 11.8 Å². The Balaban J connectivity index is 1.67. The van der Waals surface area contributed by atoms with Crippen molar-refractivity contribution in [1.29, 1.82) is 0 Å². The number of fused-ring (bicyclic) bond motifs is 1. The molecule has 0 bridgehead atoms. The minimum absolute atomic E-state index is 0.106. The normalized spacial score (nSPS) is 18.8. The molecule has 0 aromatic heterocycles. The average Bonchev–Trinajstić information content (AvgIpc) is 2.91. The Morgan fingerprint density at radius 1 is 1.10 bits per heavy atom. The number of aliphatic hydroxyl groups excluding tert-OH is 1. The first kappa shape index (κ1) is 13.7. The number of thioether (sulfide) groups is 1. The van der Waals surface area contributed by atoms with Crippen molar-refractivity contribution in [2.75, 3.05) is 12.4 Å². The molecule has 0 spiro atoms. The van der Waals surface area contributed by atoms with Crippen LogP contribution < -0.4 is 5.32 Å². The van der Waals surface area contributed by atoms with Crippen molar-refractivity contribution < 1.29 is 5.11 Å². The monoisotopic (exact) mass is 285 g/mol. The Bertz CT molecular complexity index is 558. The summed E-state index contributed by atoms with van der Waals surface area (Å²) < 4.78 is 0. The molecule has 0 saturated carbocycles. The fourth-order valence-corrected chi connectivity index (χ4v) is 3.83. The molecule has 2 aromatic rings. The van der Waals surface area contributed by atoms with Crippen LogP contribution in [0.4, 0.5) is 0 Å². The van der Waals surface area contributed by atoms with Gasteiger partial charge in [0.25, 0.3) is 0 Å². The number of benzene rings is 2. The largest absolute Gasteiger partial charge is 0.395 e. The summed E-state index contributed by atoms with van der Waals surface area (Å²) in [5.41, 5.74) is 2.63. The summed E-state index contributed by atoms with van der Waals surface area (Å²) in [6.07, 6.45) is 0.862. The quantitative estimate of drug-likeness (QED) is 0.885. The van der Waals surface area contributed by atoms with Gasteiger partial charge in [-0.15, -0.1) is 11.8 Å². The molecule has 2 N–H and O–H groups in total. The van der Waals surface area contributed by atoms with Crippen LogP contribution in [0.5, 0.6) is 0 Å². The molecule has 1 aliphatic rings. The van der Waals surface area contributed by atoms with E-state index in [2.05, 4.69) is 41.7 Å². The highest BCUT2D eigenvalue weighted by molar-refractivity contribution is 7.99. The fourth-order valence-electron chi connectivity index (χ4n) is 2.66. The van der Waals surface area contributed by atoms with Crippen LogP contribution in [0.2, 0.25) is 0 Å². The van der Waals surface area contributed by atoms with Gasteiger partial charge in [-0.05, 0) is 23.6 Å². The molecule has 104 valence electrons. The Labute approximate surface area is 124 Å². The molecule has 3 rings (SSSR count). The molecule has 0 fully saturated rings. The van der Waals surface area contributed by atoms with E-state index < -0.39 is 0 Å². The molecule has 2 atom stereocenters. The summed E-state index contributed by atoms with van der Waals surface area (Å²) in [4.78, 5) is 1.36. The maximum atomic E-state index is 9.63. The Morgan fingerprint density at radius 3 is 2.65 bits per heavy atom. The van der Waals surface area contributed by atoms with Gasteiger partial charge in [0.05, 0.1) is 6.61 Å². The van der Waals surface area contributed by atoms with E-state index in [-0.39, 0.29) is 12.6 Å². The second kappa shape index (κ2) is 6.44. The van der Waals surface area contributed by atoms with Gasteiger partial charge in [-0.1, -0.05) is 48.5 Å². The SMILES string of the molecule is OC[C@@H](Cc1ccccc1)NC1CSc2ccccc21. The molecule has 1 aliphatic heterocycles. The number of aliphatic hydroxyl groups is 1. The second-order valence-corrected chi connectivity index (χ2v) is 6.20. The van der Waals surface area contributed by atoms with Gasteiger partial charge in [0.15, 0.2) is 0 Å². The maximum absolute atomic E-state index is 9.63. The van der Waals surface area contributed by atoms with Gasteiger partial charge in [-0.25, -0.2) is 0 Å². The van der Waals surface area contributed by atoms with Crippen LogP contribution in [0.1, 0.15) is 17.2 Å². The van der Waals surface area contributed by atoms with Crippen molar-refractivity contribution in [3.63, 3.8) is 0 Å². The van der Waals surface area contributed by atoms with Crippen LogP contribution in [-0.2, 0) is 6.42 Å². The van der Waals surface area contributed by atoms with Crippen molar-refractivity contribution in [2.24, 2.45) is 0 Å². The van der Waals surface area contributed by atoms with E-state index in [0.717, 1.165) is 12.2 Å².